The fourth-order valence-electron chi connectivity index (χ4n) is 10.7. The first-order valence-corrected chi connectivity index (χ1v) is 23.6. The number of esters is 2. The molecule has 2 bridgehead atoms. The molecular weight excluding hydrogens is 921 g/mol. The van der Waals surface area contributed by atoms with Crippen molar-refractivity contribution in [3.8, 4) is 0 Å². The van der Waals surface area contributed by atoms with E-state index in [0.717, 1.165) is 0 Å². The van der Waals surface area contributed by atoms with Crippen molar-refractivity contribution in [2.75, 3.05) is 27.8 Å². The molecule has 5 aliphatic rings. The molecule has 1 N–H and O–H groups in total. The van der Waals surface area contributed by atoms with E-state index >= 15 is 0 Å². The van der Waals surface area contributed by atoms with Crippen LogP contribution in [-0.2, 0) is 66.4 Å². The Morgan fingerprint density at radius 2 is 1.58 bits per heavy atom. The molecule has 0 aromatic carbocycles. The first-order valence-electron chi connectivity index (χ1n) is 22.5. The molecule has 5 aliphatic heterocycles. The van der Waals surface area contributed by atoms with Crippen LogP contribution in [-0.4, -0.2) is 156 Å². The van der Waals surface area contributed by atoms with Crippen LogP contribution in [0.1, 0.15) is 108 Å². The minimum absolute atomic E-state index is 0.0252. The van der Waals surface area contributed by atoms with Gasteiger partial charge >= 0.3 is 24.2 Å². The van der Waals surface area contributed by atoms with E-state index in [2.05, 4.69) is 0 Å². The van der Waals surface area contributed by atoms with Crippen molar-refractivity contribution in [2.45, 2.75) is 202 Å². The lowest BCUT2D eigenvalue weighted by molar-refractivity contribution is -0.338. The van der Waals surface area contributed by atoms with Crippen LogP contribution < -0.4 is 0 Å². The minimum atomic E-state index is -1.95. The smallest absolute Gasteiger partial charge is 0.458 e. The molecule has 65 heavy (non-hydrogen) atoms. The number of hydrogen-bond donors (Lipinski definition) is 1. The van der Waals surface area contributed by atoms with Crippen LogP contribution in [0.3, 0.4) is 0 Å². The van der Waals surface area contributed by atoms with Crippen molar-refractivity contribution in [2.24, 2.45) is 23.7 Å². The molecule has 0 aliphatic carbocycles. The maximum atomic E-state index is 14.8. The second kappa shape index (κ2) is 20.6. The molecule has 0 amide bonds. The monoisotopic (exact) mass is 989 g/mol. The SMILES string of the molecule is CCC[C@H]1OC(=O)[C@H](C)[C@@H](OC2CC(C)(OC)C(OC(=O)OCC(Cl)(Cl)Cl)C(C)O2)[C@H](C)[C@@H](OC2OC(C)CC(N(C)C)C2OC(C)=O)C2(C)C[C@@H](C)C(O)(O2)[C@H](C)[C@H]2OC(=O)O[C@@]21C. The number of carbonyl (C=O) groups excluding carboxylic acids is 4. The van der Waals surface area contributed by atoms with Crippen LogP contribution in [0.4, 0.5) is 9.59 Å². The van der Waals surface area contributed by atoms with E-state index in [1.807, 2.05) is 46.7 Å². The van der Waals surface area contributed by atoms with E-state index in [-0.39, 0.29) is 31.4 Å². The van der Waals surface area contributed by atoms with Crippen molar-refractivity contribution in [3.63, 3.8) is 0 Å². The molecule has 5 saturated heterocycles. The molecular formula is C44H70Cl3NO17. The number of halogens is 3. The molecule has 21 heteroatoms. The Kier molecular flexibility index (Phi) is 17.1. The number of nitrogens with zero attached hydrogens (tertiary/aromatic N) is 1. The highest BCUT2D eigenvalue weighted by Crippen LogP contribution is 2.54. The molecule has 5 fully saturated rings. The van der Waals surface area contributed by atoms with Gasteiger partial charge in [0.25, 0.3) is 0 Å². The Bertz CT molecular complexity index is 1710. The predicted molar refractivity (Wildman–Crippen MR) is 233 cm³/mol. The number of cyclic esters (lactones) is 1. The van der Waals surface area contributed by atoms with Gasteiger partial charge in [-0.05, 0) is 74.9 Å². The second-order valence-corrected chi connectivity index (χ2v) is 22.0. The number of likely N-dealkylation sites (N-methyl/N-ethyl adjacent to an activating group) is 1. The van der Waals surface area contributed by atoms with Gasteiger partial charge in [0.05, 0.1) is 47.9 Å². The Morgan fingerprint density at radius 3 is 2.17 bits per heavy atom. The Labute approximate surface area is 397 Å². The third kappa shape index (κ3) is 11.6. The minimum Gasteiger partial charge on any atom is -0.458 e. The molecule has 5 heterocycles. The quantitative estimate of drug-likeness (QED) is 0.131. The van der Waals surface area contributed by atoms with Crippen molar-refractivity contribution in [3.05, 3.63) is 0 Å². The molecule has 5 rings (SSSR count). The standard InChI is InChI=1S/C44H70Cl3NO17/c1-15-16-29-42(11)34(62-39(52)64-42)25(6)44(53)21(2)18-41(10,65-44)33(61-37-32(58-27(8)49)28(48(12)13)17-22(3)56-37)23(4)31(24(5)36(50)59-29)60-30-19-40(9,54-14)35(26(7)57-30)63-38(51)55-20-43(45,46)47/h21-26,28-35,37,53H,15-20H2,1-14H3/t21-,22?,23+,24-,25-,26?,28?,29-,30?,31+,32?,33-,34-,35?,37?,40?,41?,42-,44?/m1/s1. The van der Waals surface area contributed by atoms with Gasteiger partial charge in [-0.1, -0.05) is 68.9 Å². The third-order valence-corrected chi connectivity index (χ3v) is 14.4. The molecule has 0 saturated carbocycles. The van der Waals surface area contributed by atoms with Gasteiger partial charge in [0.1, 0.15) is 18.3 Å². The zero-order valence-electron chi connectivity index (χ0n) is 40.0. The fourth-order valence-corrected chi connectivity index (χ4v) is 10.9. The van der Waals surface area contributed by atoms with Crippen molar-refractivity contribution in [1.29, 1.82) is 0 Å². The number of alkyl halides is 3. The molecule has 19 atom stereocenters. The van der Waals surface area contributed by atoms with Gasteiger partial charge in [0.15, 0.2) is 42.3 Å². The zero-order chi connectivity index (χ0) is 48.8. The summed E-state index contributed by atoms with van der Waals surface area (Å²) in [6.45, 7) is 18.4. The average molecular weight is 991 g/mol. The van der Waals surface area contributed by atoms with Crippen LogP contribution in [0.2, 0.25) is 0 Å². The Hall–Kier alpha value is -1.97. The molecule has 0 spiro atoms. The van der Waals surface area contributed by atoms with E-state index in [1.54, 1.807) is 41.5 Å². The van der Waals surface area contributed by atoms with Crippen LogP contribution in [0, 0.1) is 23.7 Å². The molecule has 10 unspecified atom stereocenters. The number of methoxy groups -OCH3 is 1. The summed E-state index contributed by atoms with van der Waals surface area (Å²) in [5, 5.41) is 12.8. The normalized spacial score (nSPS) is 44.9. The maximum absolute atomic E-state index is 14.8. The lowest BCUT2D eigenvalue weighted by atomic mass is 9.74. The van der Waals surface area contributed by atoms with Gasteiger partial charge in [0.2, 0.25) is 3.79 Å². The Balaban J connectivity index is 1.63. The lowest BCUT2D eigenvalue weighted by Gasteiger charge is -2.49. The summed E-state index contributed by atoms with van der Waals surface area (Å²) < 4.78 is 72.7. The van der Waals surface area contributed by atoms with Gasteiger partial charge in [-0.2, -0.15) is 0 Å². The van der Waals surface area contributed by atoms with Gasteiger partial charge in [-0.25, -0.2) is 9.59 Å². The van der Waals surface area contributed by atoms with E-state index in [4.69, 9.17) is 91.6 Å². The van der Waals surface area contributed by atoms with Crippen molar-refractivity contribution in [1.82, 2.24) is 4.90 Å². The molecule has 0 aromatic rings. The number of ether oxygens (including phenoxy) is 12. The number of aliphatic hydroxyl groups is 1. The second-order valence-electron chi connectivity index (χ2n) is 19.5. The van der Waals surface area contributed by atoms with E-state index < -0.39 is 136 Å². The number of hydrogen-bond acceptors (Lipinski definition) is 18. The van der Waals surface area contributed by atoms with Crippen LogP contribution in [0.5, 0.6) is 0 Å². The summed E-state index contributed by atoms with van der Waals surface area (Å²) in [7, 11) is 5.19. The summed E-state index contributed by atoms with van der Waals surface area (Å²) in [5.74, 6) is -6.61. The van der Waals surface area contributed by atoms with Gasteiger partial charge in [0, 0.05) is 32.3 Å². The van der Waals surface area contributed by atoms with Crippen LogP contribution in [0.25, 0.3) is 0 Å². The summed E-state index contributed by atoms with van der Waals surface area (Å²) in [5.41, 5.74) is -4.17. The van der Waals surface area contributed by atoms with Crippen molar-refractivity contribution >= 4 is 59.1 Å². The summed E-state index contributed by atoms with van der Waals surface area (Å²) in [4.78, 5) is 55.3. The fraction of sp³-hybridized carbons (Fsp3) is 0.909. The molecule has 0 aromatic heterocycles. The molecule has 0 radical (unpaired) electrons. The third-order valence-electron chi connectivity index (χ3n) is 14.1. The average Bonchev–Trinajstić information content (AvgIpc) is 3.65. The first kappa shape index (κ1) is 54.0. The van der Waals surface area contributed by atoms with Gasteiger partial charge < -0.3 is 66.8 Å². The zero-order valence-corrected chi connectivity index (χ0v) is 42.2. The molecule has 374 valence electrons. The van der Waals surface area contributed by atoms with E-state index in [0.29, 0.717) is 12.8 Å². The van der Waals surface area contributed by atoms with Crippen molar-refractivity contribution < 1.29 is 81.1 Å². The first-order chi connectivity index (χ1) is 30.0. The van der Waals surface area contributed by atoms with Crippen LogP contribution in [0.15, 0.2) is 0 Å². The summed E-state index contributed by atoms with van der Waals surface area (Å²) in [6, 6.07) is -0.323. The highest BCUT2D eigenvalue weighted by atomic mass is 35.6. The molecule has 18 nitrogen and oxygen atoms in total. The lowest BCUT2D eigenvalue weighted by Crippen LogP contribution is -2.61. The number of fused-ring (bicyclic) bond motifs is 3. The van der Waals surface area contributed by atoms with E-state index in [9.17, 15) is 24.3 Å². The number of carbonyl (C=O) groups is 4. The van der Waals surface area contributed by atoms with Crippen LogP contribution >= 0.6 is 34.8 Å². The Morgan fingerprint density at radius 1 is 0.923 bits per heavy atom. The number of rotatable bonds is 11. The van der Waals surface area contributed by atoms with Gasteiger partial charge in [-0.3, -0.25) is 9.59 Å². The predicted octanol–water partition coefficient (Wildman–Crippen LogP) is 6.62. The highest BCUT2D eigenvalue weighted by Gasteiger charge is 2.67. The summed E-state index contributed by atoms with van der Waals surface area (Å²) in [6.07, 6.45) is -10.4. The highest BCUT2D eigenvalue weighted by molar-refractivity contribution is 6.67. The van der Waals surface area contributed by atoms with E-state index in [1.165, 1.54) is 14.0 Å². The summed E-state index contributed by atoms with van der Waals surface area (Å²) >= 11 is 17.4. The van der Waals surface area contributed by atoms with Gasteiger partial charge in [-0.15, -0.1) is 0 Å². The topological polar surface area (TPSA) is 203 Å². The maximum Gasteiger partial charge on any atom is 0.509 e. The largest absolute Gasteiger partial charge is 0.509 e.